The molecule has 0 radical (unpaired) electrons. The van der Waals surface area contributed by atoms with Crippen LogP contribution >= 0.6 is 0 Å². The maximum atomic E-state index is 12.5. The van der Waals surface area contributed by atoms with E-state index in [9.17, 15) is 14.9 Å². The van der Waals surface area contributed by atoms with Crippen LogP contribution in [0.25, 0.3) is 11.0 Å². The third-order valence-electron chi connectivity index (χ3n) is 5.79. The van der Waals surface area contributed by atoms with Crippen LogP contribution in [0.5, 0.6) is 0 Å². The summed E-state index contributed by atoms with van der Waals surface area (Å²) >= 11 is 0. The standard InChI is InChI=1S/C22H25N5O3/c1-15-8-10-26(11-9-15)14-21-24-19-13-17(6-7-20(19)25(21)2)23-22(28)16-4-3-5-18(12-16)27(29)30/h3-7,12-13,15H,8-11,14H2,1-2H3,(H,23,28). The number of carbonyl (C=O) groups is 1. The second-order valence-electron chi connectivity index (χ2n) is 8.01. The first kappa shape index (κ1) is 20.0. The predicted octanol–water partition coefficient (Wildman–Crippen LogP) is 3.97. The Morgan fingerprint density at radius 3 is 2.73 bits per heavy atom. The van der Waals surface area contributed by atoms with Gasteiger partial charge in [-0.3, -0.25) is 19.8 Å². The number of rotatable bonds is 5. The largest absolute Gasteiger partial charge is 0.330 e. The molecule has 0 spiro atoms. The van der Waals surface area contributed by atoms with Gasteiger partial charge in [-0.25, -0.2) is 4.98 Å². The van der Waals surface area contributed by atoms with Crippen LogP contribution in [0, 0.1) is 16.0 Å². The van der Waals surface area contributed by atoms with Crippen molar-refractivity contribution in [1.82, 2.24) is 14.5 Å². The molecule has 1 amide bonds. The van der Waals surface area contributed by atoms with Crippen LogP contribution in [0.15, 0.2) is 42.5 Å². The molecule has 1 aromatic heterocycles. The van der Waals surface area contributed by atoms with Gasteiger partial charge in [-0.1, -0.05) is 13.0 Å². The smallest absolute Gasteiger partial charge is 0.270 e. The van der Waals surface area contributed by atoms with Crippen LogP contribution in [-0.2, 0) is 13.6 Å². The molecule has 2 aromatic carbocycles. The molecule has 156 valence electrons. The third-order valence-corrected chi connectivity index (χ3v) is 5.79. The van der Waals surface area contributed by atoms with Crippen LogP contribution in [0.2, 0.25) is 0 Å². The number of nitrogens with zero attached hydrogens (tertiary/aromatic N) is 4. The minimum absolute atomic E-state index is 0.112. The Morgan fingerprint density at radius 2 is 2.00 bits per heavy atom. The molecule has 1 aliphatic heterocycles. The fourth-order valence-electron chi connectivity index (χ4n) is 3.85. The molecule has 0 atom stereocenters. The van der Waals surface area contributed by atoms with Gasteiger partial charge in [0.15, 0.2) is 0 Å². The summed E-state index contributed by atoms with van der Waals surface area (Å²) in [5.41, 5.74) is 2.55. The number of hydrogen-bond donors (Lipinski definition) is 1. The molecule has 0 saturated carbocycles. The number of amides is 1. The molecule has 30 heavy (non-hydrogen) atoms. The van der Waals surface area contributed by atoms with Gasteiger partial charge >= 0.3 is 0 Å². The zero-order valence-electron chi connectivity index (χ0n) is 17.2. The Bertz CT molecular complexity index is 1100. The van der Waals surface area contributed by atoms with E-state index < -0.39 is 10.8 Å². The zero-order chi connectivity index (χ0) is 21.3. The average Bonchev–Trinajstić information content (AvgIpc) is 3.04. The number of fused-ring (bicyclic) bond motifs is 1. The number of nitro groups is 1. The summed E-state index contributed by atoms with van der Waals surface area (Å²) in [6, 6.07) is 11.3. The van der Waals surface area contributed by atoms with Gasteiger partial charge in [-0.05, 0) is 56.1 Å². The van der Waals surface area contributed by atoms with Crippen molar-refractivity contribution in [3.05, 3.63) is 64.0 Å². The van der Waals surface area contributed by atoms with Gasteiger partial charge in [0.2, 0.25) is 0 Å². The molecular formula is C22H25N5O3. The van der Waals surface area contributed by atoms with E-state index in [1.807, 2.05) is 25.2 Å². The van der Waals surface area contributed by atoms with Gasteiger partial charge < -0.3 is 9.88 Å². The Labute approximate surface area is 174 Å². The van der Waals surface area contributed by atoms with E-state index in [1.54, 1.807) is 6.07 Å². The highest BCUT2D eigenvalue weighted by molar-refractivity contribution is 6.05. The zero-order valence-corrected chi connectivity index (χ0v) is 17.2. The number of aromatic nitrogens is 2. The van der Waals surface area contributed by atoms with E-state index in [-0.39, 0.29) is 11.3 Å². The summed E-state index contributed by atoms with van der Waals surface area (Å²) < 4.78 is 2.10. The van der Waals surface area contributed by atoms with Crippen molar-refractivity contribution in [2.24, 2.45) is 13.0 Å². The van der Waals surface area contributed by atoms with Crippen molar-refractivity contribution in [1.29, 1.82) is 0 Å². The third kappa shape index (κ3) is 4.18. The van der Waals surface area contributed by atoms with Crippen LogP contribution in [0.4, 0.5) is 11.4 Å². The molecule has 8 nitrogen and oxygen atoms in total. The Balaban J connectivity index is 1.51. The summed E-state index contributed by atoms with van der Waals surface area (Å²) in [5.74, 6) is 1.40. The van der Waals surface area contributed by atoms with E-state index in [4.69, 9.17) is 4.98 Å². The van der Waals surface area contributed by atoms with Gasteiger partial charge in [0.25, 0.3) is 11.6 Å². The van der Waals surface area contributed by atoms with E-state index in [0.717, 1.165) is 42.4 Å². The molecule has 8 heteroatoms. The topological polar surface area (TPSA) is 93.3 Å². The minimum atomic E-state index is -0.513. The van der Waals surface area contributed by atoms with Crippen molar-refractivity contribution < 1.29 is 9.72 Å². The highest BCUT2D eigenvalue weighted by atomic mass is 16.6. The number of imidazole rings is 1. The molecule has 4 rings (SSSR count). The molecule has 0 aliphatic carbocycles. The fourth-order valence-corrected chi connectivity index (χ4v) is 3.85. The lowest BCUT2D eigenvalue weighted by Gasteiger charge is -2.29. The highest BCUT2D eigenvalue weighted by Gasteiger charge is 2.19. The molecule has 3 aromatic rings. The van der Waals surface area contributed by atoms with E-state index in [0.29, 0.717) is 5.69 Å². The van der Waals surface area contributed by atoms with Crippen molar-refractivity contribution >= 4 is 28.3 Å². The second kappa shape index (κ2) is 8.23. The number of piperidine rings is 1. The van der Waals surface area contributed by atoms with Gasteiger partial charge in [0, 0.05) is 30.4 Å². The van der Waals surface area contributed by atoms with E-state index >= 15 is 0 Å². The number of nitro benzene ring substituents is 1. The Kier molecular flexibility index (Phi) is 5.50. The van der Waals surface area contributed by atoms with Crippen LogP contribution in [-0.4, -0.2) is 38.4 Å². The Morgan fingerprint density at radius 1 is 1.23 bits per heavy atom. The van der Waals surface area contributed by atoms with Crippen molar-refractivity contribution in [2.75, 3.05) is 18.4 Å². The number of likely N-dealkylation sites (tertiary alicyclic amines) is 1. The lowest BCUT2D eigenvalue weighted by atomic mass is 9.99. The summed E-state index contributed by atoms with van der Waals surface area (Å²) in [7, 11) is 2.01. The summed E-state index contributed by atoms with van der Waals surface area (Å²) in [5, 5.41) is 13.7. The first-order valence-electron chi connectivity index (χ1n) is 10.1. The van der Waals surface area contributed by atoms with Crippen molar-refractivity contribution in [3.8, 4) is 0 Å². The monoisotopic (exact) mass is 407 g/mol. The normalized spacial score (nSPS) is 15.4. The minimum Gasteiger partial charge on any atom is -0.330 e. The van der Waals surface area contributed by atoms with Crippen molar-refractivity contribution in [2.45, 2.75) is 26.3 Å². The van der Waals surface area contributed by atoms with Gasteiger partial charge in [0.1, 0.15) is 5.82 Å². The number of benzene rings is 2. The van der Waals surface area contributed by atoms with Crippen molar-refractivity contribution in [3.63, 3.8) is 0 Å². The van der Waals surface area contributed by atoms with Crippen LogP contribution in [0.1, 0.15) is 35.9 Å². The number of hydrogen-bond acceptors (Lipinski definition) is 5. The van der Waals surface area contributed by atoms with Gasteiger partial charge in [-0.2, -0.15) is 0 Å². The number of aryl methyl sites for hydroxylation is 1. The van der Waals surface area contributed by atoms with Gasteiger partial charge in [-0.15, -0.1) is 0 Å². The molecule has 1 N–H and O–H groups in total. The lowest BCUT2D eigenvalue weighted by Crippen LogP contribution is -2.33. The SMILES string of the molecule is CC1CCN(Cc2nc3cc(NC(=O)c4cccc([N+](=O)[O-])c4)ccc3n2C)CC1. The molecule has 2 heterocycles. The van der Waals surface area contributed by atoms with E-state index in [2.05, 4.69) is 21.7 Å². The predicted molar refractivity (Wildman–Crippen MR) is 115 cm³/mol. The molecule has 1 aliphatic rings. The fraction of sp³-hybridized carbons (Fsp3) is 0.364. The van der Waals surface area contributed by atoms with Crippen LogP contribution < -0.4 is 5.32 Å². The Hall–Kier alpha value is -3.26. The van der Waals surface area contributed by atoms with Gasteiger partial charge in [0.05, 0.1) is 22.5 Å². The lowest BCUT2D eigenvalue weighted by molar-refractivity contribution is -0.384. The number of non-ortho nitro benzene ring substituents is 1. The molecule has 1 fully saturated rings. The van der Waals surface area contributed by atoms with E-state index in [1.165, 1.54) is 31.0 Å². The molecule has 0 bridgehead atoms. The molecule has 0 unspecified atom stereocenters. The second-order valence-corrected chi connectivity index (χ2v) is 8.01. The summed E-state index contributed by atoms with van der Waals surface area (Å²) in [6.07, 6.45) is 2.44. The summed E-state index contributed by atoms with van der Waals surface area (Å²) in [6.45, 7) is 5.30. The quantitative estimate of drug-likeness (QED) is 0.510. The average molecular weight is 407 g/mol. The molecular weight excluding hydrogens is 382 g/mol. The number of anilines is 1. The maximum absolute atomic E-state index is 12.5. The highest BCUT2D eigenvalue weighted by Crippen LogP contribution is 2.23. The maximum Gasteiger partial charge on any atom is 0.270 e. The molecule has 1 saturated heterocycles. The number of nitrogens with one attached hydrogen (secondary N) is 1. The first-order valence-corrected chi connectivity index (χ1v) is 10.1. The van der Waals surface area contributed by atoms with Crippen LogP contribution in [0.3, 0.4) is 0 Å². The number of carbonyl (C=O) groups excluding carboxylic acids is 1. The summed E-state index contributed by atoms with van der Waals surface area (Å²) in [4.78, 5) is 30.2. The first-order chi connectivity index (χ1) is 14.4.